The van der Waals surface area contributed by atoms with Crippen molar-refractivity contribution in [2.45, 2.75) is 18.7 Å². The first-order valence-electron chi connectivity index (χ1n) is 6.71. The summed E-state index contributed by atoms with van der Waals surface area (Å²) < 4.78 is 90.8. The molecule has 0 spiro atoms. The second kappa shape index (κ2) is 6.79. The number of nitrogens with zero attached hydrogens (tertiary/aromatic N) is 1. The lowest BCUT2D eigenvalue weighted by Crippen LogP contribution is -2.21. The maximum absolute atomic E-state index is 13.7. The summed E-state index contributed by atoms with van der Waals surface area (Å²) in [4.78, 5) is 1.50. The van der Waals surface area contributed by atoms with Crippen molar-refractivity contribution >= 4 is 15.7 Å². The summed E-state index contributed by atoms with van der Waals surface area (Å²) in [6, 6.07) is 5.55. The van der Waals surface area contributed by atoms with E-state index in [1.807, 2.05) is 0 Å². The van der Waals surface area contributed by atoms with Crippen LogP contribution in [0.5, 0.6) is 0 Å². The Morgan fingerprint density at radius 1 is 0.880 bits per heavy atom. The lowest BCUT2D eigenvalue weighted by molar-refractivity contribution is 0.377. The Kier molecular flexibility index (Phi) is 5.12. The molecule has 10 heteroatoms. The molecule has 0 aliphatic rings. The Morgan fingerprint density at radius 2 is 1.32 bits per heavy atom. The molecule has 0 radical (unpaired) electrons. The number of halogens is 5. The molecule has 0 atom stereocenters. The van der Waals surface area contributed by atoms with Crippen molar-refractivity contribution in [1.82, 2.24) is 4.83 Å². The quantitative estimate of drug-likeness (QED) is 0.292. The van der Waals surface area contributed by atoms with Gasteiger partial charge in [0.25, 0.3) is 10.0 Å². The van der Waals surface area contributed by atoms with E-state index < -0.39 is 50.4 Å². The van der Waals surface area contributed by atoms with Crippen LogP contribution >= 0.6 is 0 Å². The fraction of sp³-hybridized carbons (Fsp3) is 0.133. The van der Waals surface area contributed by atoms with E-state index in [2.05, 4.69) is 5.10 Å². The number of aryl methyl sites for hydroxylation is 1. The van der Waals surface area contributed by atoms with Gasteiger partial charge in [0.15, 0.2) is 23.3 Å². The first-order valence-corrected chi connectivity index (χ1v) is 8.19. The minimum atomic E-state index is -4.18. The van der Waals surface area contributed by atoms with E-state index in [0.717, 1.165) is 12.5 Å². The third-order valence-electron chi connectivity index (χ3n) is 3.24. The topological polar surface area (TPSA) is 58.5 Å². The van der Waals surface area contributed by atoms with Gasteiger partial charge in [0.05, 0.1) is 16.2 Å². The lowest BCUT2D eigenvalue weighted by atomic mass is 10.1. The number of hydrazone groups is 1. The summed E-state index contributed by atoms with van der Waals surface area (Å²) in [6.07, 6.45) is 0. The zero-order valence-electron chi connectivity index (χ0n) is 12.9. The predicted octanol–water partition coefficient (Wildman–Crippen LogP) is 3.39. The van der Waals surface area contributed by atoms with Gasteiger partial charge in [0.2, 0.25) is 5.82 Å². The Morgan fingerprint density at radius 3 is 1.80 bits per heavy atom. The molecule has 0 unspecified atom stereocenters. The molecule has 0 saturated carbocycles. The van der Waals surface area contributed by atoms with Gasteiger partial charge in [0, 0.05) is 0 Å². The molecule has 0 aliphatic carbocycles. The second-order valence-electron chi connectivity index (χ2n) is 5.05. The molecular weight excluding hydrogens is 367 g/mol. The van der Waals surface area contributed by atoms with Crippen molar-refractivity contribution in [1.29, 1.82) is 0 Å². The zero-order valence-corrected chi connectivity index (χ0v) is 13.7. The minimum absolute atomic E-state index is 0.188. The molecule has 2 aromatic rings. The van der Waals surface area contributed by atoms with Gasteiger partial charge in [-0.25, -0.2) is 22.0 Å². The number of benzene rings is 2. The Labute approximate surface area is 140 Å². The van der Waals surface area contributed by atoms with Crippen LogP contribution < -0.4 is 4.83 Å². The molecule has 0 fully saturated rings. The van der Waals surface area contributed by atoms with E-state index in [1.165, 1.54) is 24.3 Å². The molecule has 0 aromatic heterocycles. The predicted molar refractivity (Wildman–Crippen MR) is 79.9 cm³/mol. The maximum atomic E-state index is 13.7. The highest BCUT2D eigenvalue weighted by Crippen LogP contribution is 2.23. The van der Waals surface area contributed by atoms with E-state index >= 15 is 0 Å². The third-order valence-corrected chi connectivity index (χ3v) is 4.46. The second-order valence-corrected chi connectivity index (χ2v) is 6.71. The zero-order chi connectivity index (χ0) is 18.9. The van der Waals surface area contributed by atoms with E-state index in [-0.39, 0.29) is 4.90 Å². The van der Waals surface area contributed by atoms with Crippen LogP contribution in [0.4, 0.5) is 22.0 Å². The number of hydrogen-bond acceptors (Lipinski definition) is 3. The fourth-order valence-electron chi connectivity index (χ4n) is 1.88. The Balaban J connectivity index is 2.42. The van der Waals surface area contributed by atoms with Crippen LogP contribution in [-0.2, 0) is 10.0 Å². The number of hydrogen-bond donors (Lipinski definition) is 1. The summed E-state index contributed by atoms with van der Waals surface area (Å²) in [6.45, 7) is 2.63. The van der Waals surface area contributed by atoms with Crippen LogP contribution in [0.1, 0.15) is 18.1 Å². The molecule has 2 aromatic carbocycles. The van der Waals surface area contributed by atoms with E-state index in [1.54, 1.807) is 11.8 Å². The molecule has 25 heavy (non-hydrogen) atoms. The van der Waals surface area contributed by atoms with Gasteiger partial charge < -0.3 is 0 Å². The third kappa shape index (κ3) is 3.63. The Hall–Kier alpha value is -2.49. The highest BCUT2D eigenvalue weighted by molar-refractivity contribution is 7.89. The lowest BCUT2D eigenvalue weighted by Gasteiger charge is -2.09. The van der Waals surface area contributed by atoms with Crippen LogP contribution in [0.2, 0.25) is 0 Å². The molecule has 0 saturated heterocycles. The van der Waals surface area contributed by atoms with Crippen LogP contribution in [0, 0.1) is 36.0 Å². The highest BCUT2D eigenvalue weighted by atomic mass is 32.2. The van der Waals surface area contributed by atoms with Gasteiger partial charge in [-0.3, -0.25) is 0 Å². The fourth-order valence-corrected chi connectivity index (χ4v) is 2.73. The first-order chi connectivity index (χ1) is 11.6. The molecule has 4 nitrogen and oxygen atoms in total. The largest absolute Gasteiger partial charge is 0.276 e. The van der Waals surface area contributed by atoms with Gasteiger partial charge in [0.1, 0.15) is 0 Å². The SMILES string of the molecule is C/C(=N/NS(=O)(=O)c1ccc(C)cc1)c1c(F)c(F)c(F)c(F)c1F. The van der Waals surface area contributed by atoms with Gasteiger partial charge in [-0.1, -0.05) is 17.7 Å². The Bertz CT molecular complexity index is 928. The van der Waals surface area contributed by atoms with Gasteiger partial charge in [-0.05, 0) is 26.0 Å². The standard InChI is InChI=1S/C15H11F5N2O2S/c1-7-3-5-9(6-4-7)25(23,24)22-21-8(2)10-11(16)13(18)15(20)14(19)12(10)17/h3-6,22H,1-2H3/b21-8-. The van der Waals surface area contributed by atoms with Crippen molar-refractivity contribution in [3.05, 3.63) is 64.5 Å². The van der Waals surface area contributed by atoms with Gasteiger partial charge in [-0.2, -0.15) is 18.4 Å². The normalized spacial score (nSPS) is 12.4. The molecule has 0 amide bonds. The molecule has 134 valence electrons. The van der Waals surface area contributed by atoms with E-state index in [4.69, 9.17) is 0 Å². The smallest absolute Gasteiger partial charge is 0.203 e. The van der Waals surface area contributed by atoms with Crippen molar-refractivity contribution < 1.29 is 30.4 Å². The van der Waals surface area contributed by atoms with E-state index in [0.29, 0.717) is 0 Å². The molecular formula is C15H11F5N2O2S. The summed E-state index contributed by atoms with van der Waals surface area (Å²) in [5.41, 5.74) is -1.26. The molecule has 0 aliphatic heterocycles. The van der Waals surface area contributed by atoms with Crippen LogP contribution in [0.3, 0.4) is 0 Å². The van der Waals surface area contributed by atoms with Crippen LogP contribution in [-0.4, -0.2) is 14.1 Å². The van der Waals surface area contributed by atoms with Crippen molar-refractivity contribution in [2.24, 2.45) is 5.10 Å². The summed E-state index contributed by atoms with van der Waals surface area (Å²) in [5, 5.41) is 3.24. The highest BCUT2D eigenvalue weighted by Gasteiger charge is 2.27. The van der Waals surface area contributed by atoms with Crippen molar-refractivity contribution in [3.8, 4) is 0 Å². The maximum Gasteiger partial charge on any atom is 0.276 e. The van der Waals surface area contributed by atoms with Gasteiger partial charge >= 0.3 is 0 Å². The number of rotatable bonds is 4. The molecule has 0 heterocycles. The van der Waals surface area contributed by atoms with Gasteiger partial charge in [-0.15, -0.1) is 0 Å². The molecule has 1 N–H and O–H groups in total. The number of sulfonamides is 1. The van der Waals surface area contributed by atoms with Crippen LogP contribution in [0.25, 0.3) is 0 Å². The average molecular weight is 378 g/mol. The average Bonchev–Trinajstić information content (AvgIpc) is 2.57. The molecule has 2 rings (SSSR count). The molecule has 0 bridgehead atoms. The summed E-state index contributed by atoms with van der Waals surface area (Å²) in [5.74, 6) is -10.8. The minimum Gasteiger partial charge on any atom is -0.203 e. The van der Waals surface area contributed by atoms with Crippen molar-refractivity contribution in [2.75, 3.05) is 0 Å². The summed E-state index contributed by atoms with van der Waals surface area (Å²) in [7, 11) is -4.18. The van der Waals surface area contributed by atoms with Crippen LogP contribution in [0.15, 0.2) is 34.3 Å². The number of nitrogens with one attached hydrogen (secondary N) is 1. The van der Waals surface area contributed by atoms with Crippen molar-refractivity contribution in [3.63, 3.8) is 0 Å². The van der Waals surface area contributed by atoms with E-state index in [9.17, 15) is 30.4 Å². The summed E-state index contributed by atoms with van der Waals surface area (Å²) >= 11 is 0. The monoisotopic (exact) mass is 378 g/mol. The first kappa shape index (κ1) is 18.8.